The van der Waals surface area contributed by atoms with Crippen LogP contribution >= 0.6 is 11.8 Å². The largest absolute Gasteiger partial charge is 0.497 e. The van der Waals surface area contributed by atoms with Gasteiger partial charge in [-0.15, -0.1) is 5.10 Å². The minimum atomic E-state index is -1.20. The number of aromatic amines is 1. The Bertz CT molecular complexity index is 1310. The van der Waals surface area contributed by atoms with Gasteiger partial charge >= 0.3 is 5.97 Å². The summed E-state index contributed by atoms with van der Waals surface area (Å²) in [7, 11) is 5.08. The van der Waals surface area contributed by atoms with Gasteiger partial charge in [-0.3, -0.25) is 15.2 Å². The predicted molar refractivity (Wildman–Crippen MR) is 139 cm³/mol. The van der Waals surface area contributed by atoms with E-state index >= 15 is 0 Å². The molecule has 194 valence electrons. The van der Waals surface area contributed by atoms with Crippen molar-refractivity contribution in [3.63, 3.8) is 0 Å². The molecule has 0 aliphatic carbocycles. The minimum Gasteiger partial charge on any atom is -0.497 e. The molecule has 2 aromatic carbocycles. The number of H-pyrrole nitrogens is 1. The molecule has 1 aliphatic heterocycles. The number of methoxy groups -OCH3 is 2. The highest BCUT2D eigenvalue weighted by Gasteiger charge is 2.23. The molecule has 2 heterocycles. The number of nitrogens with one attached hydrogen (secondary N) is 1. The lowest BCUT2D eigenvalue weighted by atomic mass is 10.1. The first-order valence-corrected chi connectivity index (χ1v) is 12.1. The molecule has 0 unspecified atom stereocenters. The number of nitrogens with zero attached hydrogens (tertiary/aromatic N) is 5. The Hall–Kier alpha value is -4.10. The van der Waals surface area contributed by atoms with Gasteiger partial charge in [0.25, 0.3) is 5.69 Å². The van der Waals surface area contributed by atoms with Crippen LogP contribution in [0.15, 0.2) is 46.5 Å². The van der Waals surface area contributed by atoms with Gasteiger partial charge in [-0.2, -0.15) is 0 Å². The van der Waals surface area contributed by atoms with Gasteiger partial charge in [-0.05, 0) is 48.6 Å². The van der Waals surface area contributed by atoms with Crippen LogP contribution in [0.25, 0.3) is 17.5 Å². The standard InChI is InChI=1S/C24H26N6O6S/c1-28-6-8-29(9-7-28)19-5-4-15(10-20(19)30(33)34)11-21(23(31)32)37-24-25-22(26-27-24)16-12-17(35-2)14-18(13-16)36-3/h4-5,10-14H,6-9H2,1-3H3,(H,31,32)(H,25,26,27)/b21-11+. The van der Waals surface area contributed by atoms with Crippen molar-refractivity contribution in [1.82, 2.24) is 20.1 Å². The molecular weight excluding hydrogens is 500 g/mol. The molecule has 3 aromatic rings. The number of rotatable bonds is 9. The molecule has 0 amide bonds. The molecule has 0 saturated carbocycles. The fourth-order valence-corrected chi connectivity index (χ4v) is 4.55. The summed E-state index contributed by atoms with van der Waals surface area (Å²) in [6, 6.07) is 9.94. The van der Waals surface area contributed by atoms with Crippen LogP contribution in [0.5, 0.6) is 11.5 Å². The van der Waals surface area contributed by atoms with Crippen LogP contribution in [0.3, 0.4) is 0 Å². The van der Waals surface area contributed by atoms with E-state index in [-0.39, 0.29) is 15.7 Å². The number of likely N-dealkylation sites (N-methyl/N-ethyl adjacent to an activating group) is 1. The third-order valence-corrected chi connectivity index (χ3v) is 6.72. The Morgan fingerprint density at radius 3 is 2.41 bits per heavy atom. The van der Waals surface area contributed by atoms with Crippen LogP contribution < -0.4 is 14.4 Å². The second kappa shape index (κ2) is 11.3. The molecule has 12 nitrogen and oxygen atoms in total. The van der Waals surface area contributed by atoms with Crippen molar-refractivity contribution in [2.24, 2.45) is 0 Å². The number of nitro benzene ring substituents is 1. The topological polar surface area (TPSA) is 147 Å². The van der Waals surface area contributed by atoms with Gasteiger partial charge in [-0.25, -0.2) is 9.78 Å². The number of ether oxygens (including phenoxy) is 2. The average molecular weight is 527 g/mol. The van der Waals surface area contributed by atoms with Crippen molar-refractivity contribution in [1.29, 1.82) is 0 Å². The van der Waals surface area contributed by atoms with Crippen LogP contribution in [0.2, 0.25) is 0 Å². The number of thioether (sulfide) groups is 1. The maximum absolute atomic E-state index is 12.0. The highest BCUT2D eigenvalue weighted by Crippen LogP contribution is 2.34. The van der Waals surface area contributed by atoms with E-state index in [0.717, 1.165) is 24.9 Å². The Balaban J connectivity index is 1.59. The van der Waals surface area contributed by atoms with E-state index in [2.05, 4.69) is 20.1 Å². The van der Waals surface area contributed by atoms with Crippen LogP contribution in [-0.2, 0) is 4.79 Å². The van der Waals surface area contributed by atoms with Gasteiger partial charge in [0.15, 0.2) is 5.82 Å². The lowest BCUT2D eigenvalue weighted by molar-refractivity contribution is -0.384. The van der Waals surface area contributed by atoms with Crippen LogP contribution in [0.4, 0.5) is 11.4 Å². The summed E-state index contributed by atoms with van der Waals surface area (Å²) in [6.07, 6.45) is 1.37. The first-order valence-electron chi connectivity index (χ1n) is 11.3. The second-order valence-corrected chi connectivity index (χ2v) is 9.29. The number of carbonyl (C=O) groups is 1. The van der Waals surface area contributed by atoms with Crippen molar-refractivity contribution in [2.75, 3.05) is 52.3 Å². The Labute approximate surface area is 217 Å². The maximum atomic E-state index is 12.0. The number of nitro groups is 1. The van der Waals surface area contributed by atoms with Gasteiger partial charge in [0, 0.05) is 43.9 Å². The van der Waals surface area contributed by atoms with E-state index in [4.69, 9.17) is 9.47 Å². The number of piperazine rings is 1. The molecular formula is C24H26N6O6S. The van der Waals surface area contributed by atoms with E-state index in [9.17, 15) is 20.0 Å². The molecule has 13 heteroatoms. The molecule has 1 fully saturated rings. The first-order chi connectivity index (χ1) is 17.8. The van der Waals surface area contributed by atoms with E-state index in [1.54, 1.807) is 30.3 Å². The Kier molecular flexibility index (Phi) is 7.94. The molecule has 1 aliphatic rings. The smallest absolute Gasteiger partial charge is 0.342 e. The third kappa shape index (κ3) is 6.19. The number of aromatic nitrogens is 3. The Morgan fingerprint density at radius 1 is 1.14 bits per heavy atom. The van der Waals surface area contributed by atoms with Gasteiger partial charge in [0.2, 0.25) is 5.16 Å². The van der Waals surface area contributed by atoms with Gasteiger partial charge in [0.1, 0.15) is 22.1 Å². The van der Waals surface area contributed by atoms with Gasteiger partial charge in [-0.1, -0.05) is 6.07 Å². The van der Waals surface area contributed by atoms with Crippen LogP contribution in [0.1, 0.15) is 5.56 Å². The monoisotopic (exact) mass is 526 g/mol. The van der Waals surface area contributed by atoms with Crippen LogP contribution in [0, 0.1) is 10.1 Å². The molecule has 0 atom stereocenters. The van der Waals surface area contributed by atoms with E-state index < -0.39 is 10.9 Å². The molecule has 2 N–H and O–H groups in total. The molecule has 37 heavy (non-hydrogen) atoms. The fourth-order valence-electron chi connectivity index (χ4n) is 3.84. The highest BCUT2D eigenvalue weighted by molar-refractivity contribution is 8.04. The normalized spacial score (nSPS) is 14.5. The summed E-state index contributed by atoms with van der Waals surface area (Å²) in [6.45, 7) is 2.96. The summed E-state index contributed by atoms with van der Waals surface area (Å²) in [5, 5.41) is 28.7. The highest BCUT2D eigenvalue weighted by atomic mass is 32.2. The minimum absolute atomic E-state index is 0.0693. The van der Waals surface area contributed by atoms with Crippen molar-refractivity contribution in [2.45, 2.75) is 5.16 Å². The SMILES string of the molecule is COc1cc(OC)cc(-c2nc(S/C(=C/c3ccc(N4CCN(C)CC4)c([N+](=O)[O-])c3)C(=O)O)n[nH]2)c1. The lowest BCUT2D eigenvalue weighted by Crippen LogP contribution is -2.44. The summed E-state index contributed by atoms with van der Waals surface area (Å²) < 4.78 is 10.6. The molecule has 1 saturated heterocycles. The quantitative estimate of drug-likeness (QED) is 0.183. The number of hydrogen-bond donors (Lipinski definition) is 2. The van der Waals surface area contributed by atoms with Crippen molar-refractivity contribution >= 4 is 35.2 Å². The van der Waals surface area contributed by atoms with E-state index in [1.165, 1.54) is 26.4 Å². The average Bonchev–Trinajstić information content (AvgIpc) is 3.37. The summed E-state index contributed by atoms with van der Waals surface area (Å²) in [5.74, 6) is 0.321. The zero-order valence-electron chi connectivity index (χ0n) is 20.5. The third-order valence-electron chi connectivity index (χ3n) is 5.84. The van der Waals surface area contributed by atoms with Crippen molar-refractivity contribution in [3.8, 4) is 22.9 Å². The number of aliphatic carboxylic acids is 1. The maximum Gasteiger partial charge on any atom is 0.342 e. The Morgan fingerprint density at radius 2 is 1.81 bits per heavy atom. The summed E-state index contributed by atoms with van der Waals surface area (Å²) in [4.78, 5) is 31.8. The number of hydrogen-bond acceptors (Lipinski definition) is 10. The predicted octanol–water partition coefficient (Wildman–Crippen LogP) is 3.37. The second-order valence-electron chi connectivity index (χ2n) is 8.28. The molecule has 1 aromatic heterocycles. The van der Waals surface area contributed by atoms with Crippen molar-refractivity contribution in [3.05, 3.63) is 57.0 Å². The lowest BCUT2D eigenvalue weighted by Gasteiger charge is -2.33. The fraction of sp³-hybridized carbons (Fsp3) is 0.292. The molecule has 0 radical (unpaired) electrons. The zero-order chi connectivity index (χ0) is 26.5. The summed E-state index contributed by atoms with van der Waals surface area (Å²) in [5.41, 5.74) is 1.49. The van der Waals surface area contributed by atoms with E-state index in [0.29, 0.717) is 47.2 Å². The molecule has 0 bridgehead atoms. The summed E-state index contributed by atoms with van der Waals surface area (Å²) >= 11 is 0.834. The zero-order valence-corrected chi connectivity index (χ0v) is 21.3. The van der Waals surface area contributed by atoms with Crippen LogP contribution in [-0.4, -0.2) is 83.5 Å². The number of carboxylic acids is 1. The number of carboxylic acid groups (broad SMARTS) is 1. The number of benzene rings is 2. The van der Waals surface area contributed by atoms with Crippen molar-refractivity contribution < 1.29 is 24.3 Å². The molecule has 4 rings (SSSR count). The van der Waals surface area contributed by atoms with Gasteiger partial charge in [0.05, 0.1) is 19.1 Å². The molecule has 0 spiro atoms. The van der Waals surface area contributed by atoms with E-state index in [1.807, 2.05) is 11.9 Å². The number of anilines is 1. The van der Waals surface area contributed by atoms with Gasteiger partial charge < -0.3 is 24.4 Å². The first kappa shape index (κ1) is 26.0.